The summed E-state index contributed by atoms with van der Waals surface area (Å²) in [4.78, 5) is 33.7. The molecule has 0 bridgehead atoms. The van der Waals surface area contributed by atoms with E-state index in [1.165, 1.54) is 13.1 Å². The van der Waals surface area contributed by atoms with E-state index in [1.807, 2.05) is 0 Å². The van der Waals surface area contributed by atoms with E-state index in [0.29, 0.717) is 0 Å². The maximum atomic E-state index is 11.4. The fourth-order valence-electron chi connectivity index (χ4n) is 0.894. The second kappa shape index (κ2) is 7.27. The number of nitrogens with one attached hydrogen (secondary N) is 2. The Morgan fingerprint density at radius 1 is 1.44 bits per heavy atom. The SMILES string of the molecule is C=CCN(CC(=O)O)C(=O)NCC(=O)NC. The normalized spacial score (nSPS) is 9.06. The van der Waals surface area contributed by atoms with Crippen LogP contribution in [0.3, 0.4) is 0 Å². The molecule has 90 valence electrons. The van der Waals surface area contributed by atoms with Crippen LogP contribution in [0, 0.1) is 0 Å². The summed E-state index contributed by atoms with van der Waals surface area (Å²) in [7, 11) is 1.44. The molecule has 0 saturated heterocycles. The van der Waals surface area contributed by atoms with Crippen LogP contribution in [0.2, 0.25) is 0 Å². The van der Waals surface area contributed by atoms with Crippen LogP contribution in [0.5, 0.6) is 0 Å². The Hall–Kier alpha value is -2.05. The molecule has 3 amide bonds. The lowest BCUT2D eigenvalue weighted by Crippen LogP contribution is -2.45. The first-order valence-corrected chi connectivity index (χ1v) is 4.57. The fourth-order valence-corrected chi connectivity index (χ4v) is 0.894. The molecule has 0 aliphatic carbocycles. The van der Waals surface area contributed by atoms with Crippen LogP contribution < -0.4 is 10.6 Å². The Bertz CT molecular complexity index is 290. The molecule has 0 radical (unpaired) electrons. The van der Waals surface area contributed by atoms with Gasteiger partial charge in [-0.2, -0.15) is 0 Å². The number of hydrogen-bond acceptors (Lipinski definition) is 3. The second-order valence-corrected chi connectivity index (χ2v) is 2.89. The summed E-state index contributed by atoms with van der Waals surface area (Å²) in [5.41, 5.74) is 0. The molecule has 0 aliphatic heterocycles. The molecule has 0 aromatic rings. The molecule has 0 spiro atoms. The van der Waals surface area contributed by atoms with Gasteiger partial charge in [-0.1, -0.05) is 6.08 Å². The van der Waals surface area contributed by atoms with Crippen LogP contribution >= 0.6 is 0 Å². The molecule has 7 nitrogen and oxygen atoms in total. The Labute approximate surface area is 93.1 Å². The van der Waals surface area contributed by atoms with E-state index < -0.39 is 18.5 Å². The number of amides is 3. The van der Waals surface area contributed by atoms with E-state index in [0.717, 1.165) is 4.90 Å². The first-order chi connectivity index (χ1) is 7.51. The topological polar surface area (TPSA) is 98.7 Å². The number of rotatable bonds is 6. The van der Waals surface area contributed by atoms with Crippen LogP contribution in [0.4, 0.5) is 4.79 Å². The molecule has 3 N–H and O–H groups in total. The largest absolute Gasteiger partial charge is 0.480 e. The molecule has 0 unspecified atom stereocenters. The number of hydrogen-bond donors (Lipinski definition) is 3. The zero-order chi connectivity index (χ0) is 12.6. The minimum atomic E-state index is -1.13. The minimum absolute atomic E-state index is 0.103. The molecular formula is C9H15N3O4. The van der Waals surface area contributed by atoms with Gasteiger partial charge >= 0.3 is 12.0 Å². The van der Waals surface area contributed by atoms with Crippen LogP contribution in [-0.4, -0.2) is 54.6 Å². The lowest BCUT2D eigenvalue weighted by molar-refractivity contribution is -0.137. The van der Waals surface area contributed by atoms with Crippen LogP contribution in [0.1, 0.15) is 0 Å². The summed E-state index contributed by atoms with van der Waals surface area (Å²) < 4.78 is 0. The molecule has 0 aromatic carbocycles. The molecule has 0 fully saturated rings. The number of aliphatic carboxylic acids is 1. The summed E-state index contributed by atoms with van der Waals surface area (Å²) in [5.74, 6) is -1.49. The van der Waals surface area contributed by atoms with E-state index in [2.05, 4.69) is 17.2 Å². The highest BCUT2D eigenvalue weighted by molar-refractivity contribution is 5.85. The average Bonchev–Trinajstić information content (AvgIpc) is 2.24. The van der Waals surface area contributed by atoms with Gasteiger partial charge in [0.2, 0.25) is 5.91 Å². The minimum Gasteiger partial charge on any atom is -0.480 e. The monoisotopic (exact) mass is 229 g/mol. The predicted octanol–water partition coefficient (Wildman–Crippen LogP) is -0.985. The third kappa shape index (κ3) is 5.63. The van der Waals surface area contributed by atoms with Crippen molar-refractivity contribution in [3.05, 3.63) is 12.7 Å². The Balaban J connectivity index is 4.21. The summed E-state index contributed by atoms with van der Waals surface area (Å²) >= 11 is 0. The summed E-state index contributed by atoms with van der Waals surface area (Å²) in [6.07, 6.45) is 1.41. The van der Waals surface area contributed by atoms with Crippen molar-refractivity contribution in [1.82, 2.24) is 15.5 Å². The highest BCUT2D eigenvalue weighted by atomic mass is 16.4. The summed E-state index contributed by atoms with van der Waals surface area (Å²) in [6.45, 7) is 2.88. The van der Waals surface area contributed by atoms with E-state index in [4.69, 9.17) is 5.11 Å². The van der Waals surface area contributed by atoms with Gasteiger partial charge in [-0.3, -0.25) is 9.59 Å². The van der Waals surface area contributed by atoms with Crippen molar-refractivity contribution < 1.29 is 19.5 Å². The van der Waals surface area contributed by atoms with Crippen LogP contribution in [0.25, 0.3) is 0 Å². The Kier molecular flexibility index (Phi) is 6.34. The first kappa shape index (κ1) is 13.9. The number of carboxylic acid groups (broad SMARTS) is 1. The van der Waals surface area contributed by atoms with Gasteiger partial charge in [-0.25, -0.2) is 4.79 Å². The number of urea groups is 1. The number of carboxylic acids is 1. The number of carbonyl (C=O) groups is 3. The van der Waals surface area contributed by atoms with Crippen molar-refractivity contribution in [2.24, 2.45) is 0 Å². The van der Waals surface area contributed by atoms with E-state index in [-0.39, 0.29) is 19.0 Å². The van der Waals surface area contributed by atoms with Crippen LogP contribution in [-0.2, 0) is 9.59 Å². The van der Waals surface area contributed by atoms with Crippen molar-refractivity contribution in [3.8, 4) is 0 Å². The van der Waals surface area contributed by atoms with E-state index in [1.54, 1.807) is 0 Å². The Morgan fingerprint density at radius 2 is 2.06 bits per heavy atom. The number of nitrogens with zero attached hydrogens (tertiary/aromatic N) is 1. The van der Waals surface area contributed by atoms with E-state index in [9.17, 15) is 14.4 Å². The van der Waals surface area contributed by atoms with E-state index >= 15 is 0 Å². The fraction of sp³-hybridized carbons (Fsp3) is 0.444. The van der Waals surface area contributed by atoms with Crippen molar-refractivity contribution in [2.45, 2.75) is 0 Å². The zero-order valence-electron chi connectivity index (χ0n) is 9.02. The third-order valence-corrected chi connectivity index (χ3v) is 1.64. The molecule has 0 rings (SSSR count). The van der Waals surface area contributed by atoms with Gasteiger partial charge in [-0.05, 0) is 0 Å². The molecular weight excluding hydrogens is 214 g/mol. The maximum Gasteiger partial charge on any atom is 0.323 e. The second-order valence-electron chi connectivity index (χ2n) is 2.89. The van der Waals surface area contributed by atoms with Crippen molar-refractivity contribution >= 4 is 17.9 Å². The first-order valence-electron chi connectivity index (χ1n) is 4.57. The summed E-state index contributed by atoms with van der Waals surface area (Å²) in [6, 6.07) is -0.620. The Morgan fingerprint density at radius 3 is 2.50 bits per heavy atom. The highest BCUT2D eigenvalue weighted by Gasteiger charge is 2.15. The lowest BCUT2D eigenvalue weighted by atomic mass is 10.4. The van der Waals surface area contributed by atoms with Crippen molar-refractivity contribution in [2.75, 3.05) is 26.7 Å². The lowest BCUT2D eigenvalue weighted by Gasteiger charge is -2.18. The quantitative estimate of drug-likeness (QED) is 0.509. The molecule has 0 heterocycles. The third-order valence-electron chi connectivity index (χ3n) is 1.64. The standard InChI is InChI=1S/C9H15N3O4/c1-3-4-12(6-8(14)15)9(16)11-5-7(13)10-2/h3H,1,4-6H2,2H3,(H,10,13)(H,11,16)(H,14,15). The van der Waals surface area contributed by atoms with Gasteiger partial charge in [0.15, 0.2) is 0 Å². The van der Waals surface area contributed by atoms with Gasteiger partial charge in [0, 0.05) is 13.6 Å². The molecule has 16 heavy (non-hydrogen) atoms. The highest BCUT2D eigenvalue weighted by Crippen LogP contribution is 1.90. The zero-order valence-corrected chi connectivity index (χ0v) is 9.02. The number of carbonyl (C=O) groups excluding carboxylic acids is 2. The van der Waals surface area contributed by atoms with Gasteiger partial charge in [-0.15, -0.1) is 6.58 Å². The predicted molar refractivity (Wildman–Crippen MR) is 56.9 cm³/mol. The number of likely N-dealkylation sites (N-methyl/N-ethyl adjacent to an activating group) is 1. The molecule has 0 atom stereocenters. The van der Waals surface area contributed by atoms with Gasteiger partial charge in [0.25, 0.3) is 0 Å². The molecule has 0 aromatic heterocycles. The van der Waals surface area contributed by atoms with Crippen LogP contribution in [0.15, 0.2) is 12.7 Å². The van der Waals surface area contributed by atoms with Gasteiger partial charge < -0.3 is 20.6 Å². The van der Waals surface area contributed by atoms with Crippen molar-refractivity contribution in [1.29, 1.82) is 0 Å². The molecule has 7 heteroatoms. The molecule has 0 aliphatic rings. The summed E-state index contributed by atoms with van der Waals surface area (Å²) in [5, 5.41) is 13.2. The smallest absolute Gasteiger partial charge is 0.323 e. The van der Waals surface area contributed by atoms with Gasteiger partial charge in [0.05, 0.1) is 6.54 Å². The molecule has 0 saturated carbocycles. The average molecular weight is 229 g/mol. The van der Waals surface area contributed by atoms with Crippen molar-refractivity contribution in [3.63, 3.8) is 0 Å². The van der Waals surface area contributed by atoms with Gasteiger partial charge in [0.1, 0.15) is 6.54 Å². The maximum absolute atomic E-state index is 11.4.